The molecule has 1 unspecified atom stereocenters. The Morgan fingerprint density at radius 2 is 1.77 bits per heavy atom. The maximum absolute atomic E-state index is 11.5. The third-order valence-electron chi connectivity index (χ3n) is 3.57. The average Bonchev–Trinajstić information content (AvgIpc) is 2.53. The first-order valence-corrected chi connectivity index (χ1v) is 7.22. The predicted molar refractivity (Wildman–Crippen MR) is 85.5 cm³/mol. The lowest BCUT2D eigenvalue weighted by molar-refractivity contribution is -0.117. The molecule has 0 spiro atoms. The van der Waals surface area contributed by atoms with Crippen molar-refractivity contribution in [2.45, 2.75) is 32.3 Å². The molecule has 3 nitrogen and oxygen atoms in total. The third-order valence-corrected chi connectivity index (χ3v) is 3.57. The normalized spacial score (nSPS) is 13.0. The smallest absolute Gasteiger partial charge is 0.131 e. The lowest BCUT2D eigenvalue weighted by atomic mass is 9.79. The number of Topliss-reactive ketones (excluding diaryl/α,β-unsaturated/α-hetero) is 1. The van der Waals surface area contributed by atoms with Gasteiger partial charge in [-0.25, -0.2) is 0 Å². The van der Waals surface area contributed by atoms with Gasteiger partial charge in [-0.3, -0.25) is 4.79 Å². The number of ether oxygens (including phenoxy) is 1. The van der Waals surface area contributed by atoms with Gasteiger partial charge in [0.2, 0.25) is 0 Å². The molecule has 0 aliphatic heterocycles. The van der Waals surface area contributed by atoms with E-state index in [9.17, 15) is 10.1 Å². The molecule has 0 aliphatic carbocycles. The van der Waals surface area contributed by atoms with Gasteiger partial charge in [0.1, 0.15) is 18.1 Å². The molecule has 1 atom stereocenters. The fourth-order valence-corrected chi connectivity index (χ4v) is 2.48. The third kappa shape index (κ3) is 3.73. The van der Waals surface area contributed by atoms with Crippen LogP contribution >= 0.6 is 0 Å². The van der Waals surface area contributed by atoms with E-state index in [0.29, 0.717) is 12.4 Å². The molecule has 0 aliphatic rings. The minimum atomic E-state index is -0.876. The molecule has 0 N–H and O–H groups in total. The van der Waals surface area contributed by atoms with Gasteiger partial charge < -0.3 is 4.74 Å². The van der Waals surface area contributed by atoms with Crippen LogP contribution in [0.2, 0.25) is 0 Å². The van der Waals surface area contributed by atoms with Gasteiger partial charge >= 0.3 is 0 Å². The Bertz CT molecular complexity index is 688. The molecule has 3 heteroatoms. The van der Waals surface area contributed by atoms with Gasteiger partial charge in [-0.15, -0.1) is 0 Å². The van der Waals surface area contributed by atoms with E-state index >= 15 is 0 Å². The zero-order valence-corrected chi connectivity index (χ0v) is 12.9. The fourth-order valence-electron chi connectivity index (χ4n) is 2.48. The van der Waals surface area contributed by atoms with Crippen LogP contribution in [0.3, 0.4) is 0 Å². The van der Waals surface area contributed by atoms with Gasteiger partial charge in [-0.1, -0.05) is 48.5 Å². The van der Waals surface area contributed by atoms with Gasteiger partial charge in [-0.05, 0) is 25.5 Å². The Kier molecular flexibility index (Phi) is 4.95. The van der Waals surface area contributed by atoms with Gasteiger partial charge in [-0.2, -0.15) is 5.26 Å². The highest BCUT2D eigenvalue weighted by atomic mass is 16.5. The van der Waals surface area contributed by atoms with E-state index < -0.39 is 5.41 Å². The number of rotatable bonds is 6. The second kappa shape index (κ2) is 6.91. The van der Waals surface area contributed by atoms with Gasteiger partial charge in [0, 0.05) is 12.0 Å². The zero-order chi connectivity index (χ0) is 16.0. The molecule has 0 bridgehead atoms. The van der Waals surface area contributed by atoms with Crippen LogP contribution in [-0.4, -0.2) is 5.78 Å². The summed E-state index contributed by atoms with van der Waals surface area (Å²) in [5, 5.41) is 9.54. The molecule has 0 saturated carbocycles. The molecular formula is C19H19NO2. The second-order valence-electron chi connectivity index (χ2n) is 5.59. The quantitative estimate of drug-likeness (QED) is 0.808. The monoisotopic (exact) mass is 293 g/mol. The average molecular weight is 293 g/mol. The van der Waals surface area contributed by atoms with Crippen LogP contribution in [-0.2, 0) is 16.8 Å². The number of nitrogens with zero attached hydrogens (tertiary/aromatic N) is 1. The lowest BCUT2D eigenvalue weighted by Crippen LogP contribution is -2.23. The molecule has 0 aromatic heterocycles. The largest absolute Gasteiger partial charge is 0.489 e. The minimum absolute atomic E-state index is 0.0121. The van der Waals surface area contributed by atoms with E-state index in [4.69, 9.17) is 4.74 Å². The van der Waals surface area contributed by atoms with Gasteiger partial charge in [0.05, 0.1) is 11.5 Å². The maximum Gasteiger partial charge on any atom is 0.131 e. The Labute approximate surface area is 131 Å². The van der Waals surface area contributed by atoms with Crippen LogP contribution in [0.4, 0.5) is 0 Å². The first kappa shape index (κ1) is 15.8. The van der Waals surface area contributed by atoms with Crippen molar-refractivity contribution in [2.24, 2.45) is 0 Å². The molecule has 0 heterocycles. The van der Waals surface area contributed by atoms with Crippen molar-refractivity contribution in [3.05, 3.63) is 65.7 Å². The van der Waals surface area contributed by atoms with E-state index in [1.165, 1.54) is 6.92 Å². The van der Waals surface area contributed by atoms with Crippen molar-refractivity contribution < 1.29 is 9.53 Å². The second-order valence-corrected chi connectivity index (χ2v) is 5.59. The number of ketones is 1. The Morgan fingerprint density at radius 3 is 2.41 bits per heavy atom. The van der Waals surface area contributed by atoms with Crippen molar-refractivity contribution in [3.63, 3.8) is 0 Å². The van der Waals surface area contributed by atoms with Crippen LogP contribution in [0.1, 0.15) is 31.4 Å². The summed E-state index contributed by atoms with van der Waals surface area (Å²) in [6.45, 7) is 3.71. The lowest BCUT2D eigenvalue weighted by Gasteiger charge is -2.23. The predicted octanol–water partition coefficient (Wildman–Crippen LogP) is 4.03. The summed E-state index contributed by atoms with van der Waals surface area (Å²) in [5.74, 6) is 0.638. The zero-order valence-electron chi connectivity index (χ0n) is 12.9. The van der Waals surface area contributed by atoms with Crippen LogP contribution in [0.15, 0.2) is 54.6 Å². The summed E-state index contributed by atoms with van der Waals surface area (Å²) in [5.41, 5.74) is 0.935. The van der Waals surface area contributed by atoms with Crippen molar-refractivity contribution in [2.75, 3.05) is 0 Å². The van der Waals surface area contributed by atoms with Gasteiger partial charge in [0.15, 0.2) is 0 Å². The van der Waals surface area contributed by atoms with Crippen LogP contribution in [0.25, 0.3) is 0 Å². The van der Waals surface area contributed by atoms with Crippen molar-refractivity contribution in [3.8, 4) is 11.8 Å². The number of para-hydroxylation sites is 1. The van der Waals surface area contributed by atoms with Crippen molar-refractivity contribution >= 4 is 5.78 Å². The SMILES string of the molecule is CC(=O)CC(C)(C#N)c1ccccc1OCc1ccccc1. The molecule has 112 valence electrons. The molecule has 2 aromatic carbocycles. The maximum atomic E-state index is 11.5. The summed E-state index contributed by atoms with van der Waals surface area (Å²) in [6, 6.07) is 19.5. The molecule has 2 aromatic rings. The molecule has 0 fully saturated rings. The minimum Gasteiger partial charge on any atom is -0.489 e. The van der Waals surface area contributed by atoms with Crippen molar-refractivity contribution in [1.82, 2.24) is 0 Å². The molecule has 22 heavy (non-hydrogen) atoms. The fraction of sp³-hybridized carbons (Fsp3) is 0.263. The van der Waals surface area contributed by atoms with E-state index in [1.54, 1.807) is 6.92 Å². The first-order chi connectivity index (χ1) is 10.5. The highest BCUT2D eigenvalue weighted by molar-refractivity contribution is 5.78. The molecule has 0 amide bonds. The van der Waals surface area contributed by atoms with E-state index in [-0.39, 0.29) is 12.2 Å². The molecule has 2 rings (SSSR count). The number of nitriles is 1. The number of hydrogen-bond donors (Lipinski definition) is 0. The van der Waals surface area contributed by atoms with E-state index in [1.807, 2.05) is 54.6 Å². The Balaban J connectivity index is 2.26. The number of hydrogen-bond acceptors (Lipinski definition) is 3. The van der Waals surface area contributed by atoms with Crippen LogP contribution in [0, 0.1) is 11.3 Å². The van der Waals surface area contributed by atoms with Crippen LogP contribution < -0.4 is 4.74 Å². The number of carbonyl (C=O) groups excluding carboxylic acids is 1. The number of benzene rings is 2. The van der Waals surface area contributed by atoms with E-state index in [0.717, 1.165) is 11.1 Å². The summed E-state index contributed by atoms with van der Waals surface area (Å²) >= 11 is 0. The number of carbonyl (C=O) groups is 1. The standard InChI is InChI=1S/C19H19NO2/c1-15(21)12-19(2,14-20)17-10-6-7-11-18(17)22-13-16-8-4-3-5-9-16/h3-11H,12-13H2,1-2H3. The molecular weight excluding hydrogens is 274 g/mol. The summed E-state index contributed by atoms with van der Waals surface area (Å²) in [7, 11) is 0. The molecule has 0 radical (unpaired) electrons. The highest BCUT2D eigenvalue weighted by Crippen LogP contribution is 2.34. The first-order valence-electron chi connectivity index (χ1n) is 7.22. The van der Waals surface area contributed by atoms with Crippen molar-refractivity contribution in [1.29, 1.82) is 5.26 Å². The summed E-state index contributed by atoms with van der Waals surface area (Å²) in [6.07, 6.45) is 0.176. The van der Waals surface area contributed by atoms with Gasteiger partial charge in [0.25, 0.3) is 0 Å². The Morgan fingerprint density at radius 1 is 1.14 bits per heavy atom. The highest BCUT2D eigenvalue weighted by Gasteiger charge is 2.31. The van der Waals surface area contributed by atoms with E-state index in [2.05, 4.69) is 6.07 Å². The topological polar surface area (TPSA) is 50.1 Å². The summed E-state index contributed by atoms with van der Waals surface area (Å²) in [4.78, 5) is 11.5. The Hall–Kier alpha value is -2.60. The summed E-state index contributed by atoms with van der Waals surface area (Å²) < 4.78 is 5.89. The molecule has 0 saturated heterocycles. The van der Waals surface area contributed by atoms with Crippen LogP contribution in [0.5, 0.6) is 5.75 Å².